The summed E-state index contributed by atoms with van der Waals surface area (Å²) in [6, 6.07) is 14.9. The number of carbonyl (C=O) groups excluding carboxylic acids is 1. The van der Waals surface area contributed by atoms with E-state index >= 15 is 0 Å². The van der Waals surface area contributed by atoms with Crippen LogP contribution in [0.15, 0.2) is 48.5 Å². The molecule has 0 atom stereocenters. The van der Waals surface area contributed by atoms with Gasteiger partial charge in [0.1, 0.15) is 16.5 Å². The molecule has 4 nitrogen and oxygen atoms in total. The van der Waals surface area contributed by atoms with Gasteiger partial charge in [-0.3, -0.25) is 0 Å². The first-order valence-electron chi connectivity index (χ1n) is 7.20. The van der Waals surface area contributed by atoms with Crippen LogP contribution >= 0.6 is 22.9 Å². The summed E-state index contributed by atoms with van der Waals surface area (Å²) in [5.41, 5.74) is 2.71. The van der Waals surface area contributed by atoms with Gasteiger partial charge in [-0.1, -0.05) is 59.6 Å². The SMILES string of the molecule is Cc1ccc(-c2nc(OCc3ccccc3Cl)c(C(=O)[O-])s2)cc1.[Na+]. The second-order valence-corrected chi connectivity index (χ2v) is 6.59. The zero-order valence-electron chi connectivity index (χ0n) is 13.8. The summed E-state index contributed by atoms with van der Waals surface area (Å²) < 4.78 is 5.59. The zero-order chi connectivity index (χ0) is 17.1. The molecule has 2 aromatic carbocycles. The van der Waals surface area contributed by atoms with Gasteiger partial charge in [0.2, 0.25) is 5.88 Å². The minimum Gasteiger partial charge on any atom is -0.544 e. The van der Waals surface area contributed by atoms with Crippen LogP contribution in [0.3, 0.4) is 0 Å². The number of ether oxygens (including phenoxy) is 1. The number of carboxylic acid groups (broad SMARTS) is 1. The molecule has 0 aliphatic heterocycles. The van der Waals surface area contributed by atoms with E-state index in [1.807, 2.05) is 49.4 Å². The fourth-order valence-corrected chi connectivity index (χ4v) is 3.16. The first-order valence-corrected chi connectivity index (χ1v) is 8.39. The molecule has 1 heterocycles. The summed E-state index contributed by atoms with van der Waals surface area (Å²) >= 11 is 7.12. The van der Waals surface area contributed by atoms with Gasteiger partial charge in [0.05, 0.1) is 5.97 Å². The molecule has 7 heteroatoms. The molecule has 3 aromatic rings. The first-order chi connectivity index (χ1) is 11.5. The van der Waals surface area contributed by atoms with Crippen molar-refractivity contribution in [3.63, 3.8) is 0 Å². The third kappa shape index (κ3) is 4.84. The van der Waals surface area contributed by atoms with Gasteiger partial charge in [-0.25, -0.2) is 4.98 Å². The van der Waals surface area contributed by atoms with E-state index in [-0.39, 0.29) is 46.9 Å². The molecule has 0 fully saturated rings. The predicted octanol–water partition coefficient (Wildman–Crippen LogP) is 0.718. The number of carboxylic acids is 1. The Morgan fingerprint density at radius 2 is 1.88 bits per heavy atom. The molecule has 25 heavy (non-hydrogen) atoms. The molecular formula is C18H13ClNNaO3S. The number of carbonyl (C=O) groups is 1. The molecule has 3 rings (SSSR count). The smallest absolute Gasteiger partial charge is 0.544 e. The van der Waals surface area contributed by atoms with Gasteiger partial charge >= 0.3 is 29.6 Å². The molecule has 1 aromatic heterocycles. The van der Waals surface area contributed by atoms with Crippen molar-refractivity contribution in [2.75, 3.05) is 0 Å². The molecule has 0 N–H and O–H groups in total. The van der Waals surface area contributed by atoms with Gasteiger partial charge in [-0.05, 0) is 13.0 Å². The number of aromatic nitrogens is 1. The van der Waals surface area contributed by atoms with Gasteiger partial charge in [-0.2, -0.15) is 0 Å². The summed E-state index contributed by atoms with van der Waals surface area (Å²) in [7, 11) is 0. The molecular weight excluding hydrogens is 369 g/mol. The molecule has 122 valence electrons. The summed E-state index contributed by atoms with van der Waals surface area (Å²) in [6.07, 6.45) is 0. The number of hydrogen-bond donors (Lipinski definition) is 0. The van der Waals surface area contributed by atoms with Gasteiger partial charge in [0.15, 0.2) is 0 Å². The number of aryl methyl sites for hydroxylation is 1. The summed E-state index contributed by atoms with van der Waals surface area (Å²) in [5, 5.41) is 12.5. The third-order valence-electron chi connectivity index (χ3n) is 3.40. The molecule has 0 radical (unpaired) electrons. The molecule has 0 spiro atoms. The molecule has 0 aliphatic carbocycles. The first kappa shape index (κ1) is 19.9. The van der Waals surface area contributed by atoms with Crippen LogP contribution in [-0.4, -0.2) is 11.0 Å². The molecule has 0 aliphatic rings. The molecule has 0 unspecified atom stereocenters. The van der Waals surface area contributed by atoms with Gasteiger partial charge in [0, 0.05) is 16.1 Å². The van der Waals surface area contributed by atoms with Crippen molar-refractivity contribution in [2.45, 2.75) is 13.5 Å². The predicted molar refractivity (Wildman–Crippen MR) is 92.4 cm³/mol. The molecule has 0 saturated carbocycles. The van der Waals surface area contributed by atoms with E-state index in [9.17, 15) is 9.90 Å². The van der Waals surface area contributed by atoms with Crippen LogP contribution in [0.2, 0.25) is 5.02 Å². The second-order valence-electron chi connectivity index (χ2n) is 5.19. The Hall–Kier alpha value is -1.37. The Balaban J connectivity index is 0.00000225. The van der Waals surface area contributed by atoms with Gasteiger partial charge in [-0.15, -0.1) is 11.3 Å². The van der Waals surface area contributed by atoms with Crippen molar-refractivity contribution in [3.05, 3.63) is 69.6 Å². The maximum atomic E-state index is 11.4. The Kier molecular flexibility index (Phi) is 7.04. The summed E-state index contributed by atoms with van der Waals surface area (Å²) in [5.74, 6) is -1.25. The fraction of sp³-hybridized carbons (Fsp3) is 0.111. The molecule has 0 bridgehead atoms. The number of rotatable bonds is 5. The van der Waals surface area contributed by atoms with Crippen molar-refractivity contribution in [3.8, 4) is 16.5 Å². The van der Waals surface area contributed by atoms with E-state index in [1.54, 1.807) is 6.07 Å². The van der Waals surface area contributed by atoms with Crippen molar-refractivity contribution in [1.82, 2.24) is 4.98 Å². The summed E-state index contributed by atoms with van der Waals surface area (Å²) in [4.78, 5) is 15.6. The fourth-order valence-electron chi connectivity index (χ4n) is 2.11. The molecule has 0 amide bonds. The molecule has 0 saturated heterocycles. The quantitative estimate of drug-likeness (QED) is 0.611. The van der Waals surface area contributed by atoms with Crippen molar-refractivity contribution in [1.29, 1.82) is 0 Å². The zero-order valence-corrected chi connectivity index (χ0v) is 17.4. The maximum absolute atomic E-state index is 11.4. The largest absolute Gasteiger partial charge is 1.00 e. The van der Waals surface area contributed by atoms with E-state index in [4.69, 9.17) is 16.3 Å². The van der Waals surface area contributed by atoms with E-state index in [0.29, 0.717) is 10.0 Å². The number of benzene rings is 2. The Morgan fingerprint density at radius 1 is 1.20 bits per heavy atom. The Morgan fingerprint density at radius 3 is 2.52 bits per heavy atom. The number of halogens is 1. The normalized spacial score (nSPS) is 10.2. The Bertz CT molecular complexity index is 880. The average molecular weight is 382 g/mol. The van der Waals surface area contributed by atoms with Crippen molar-refractivity contribution >= 4 is 28.9 Å². The topological polar surface area (TPSA) is 62.2 Å². The number of nitrogens with zero attached hydrogens (tertiary/aromatic N) is 1. The minimum absolute atomic E-state index is 0. The second kappa shape index (κ2) is 8.83. The van der Waals surface area contributed by atoms with Crippen LogP contribution in [0.25, 0.3) is 10.6 Å². The van der Waals surface area contributed by atoms with E-state index in [2.05, 4.69) is 4.98 Å². The standard InChI is InChI=1S/C18H14ClNO3S.Na/c1-11-6-8-12(9-7-11)17-20-16(15(24-17)18(21)22)23-10-13-4-2-3-5-14(13)19;/h2-9H,10H2,1H3,(H,21,22);/q;+1/p-1. The van der Waals surface area contributed by atoms with Crippen LogP contribution in [0.1, 0.15) is 20.8 Å². The van der Waals surface area contributed by atoms with Crippen LogP contribution in [0, 0.1) is 6.92 Å². The third-order valence-corrected chi connectivity index (χ3v) is 4.84. The van der Waals surface area contributed by atoms with Gasteiger partial charge < -0.3 is 14.6 Å². The average Bonchev–Trinajstić information content (AvgIpc) is 2.99. The van der Waals surface area contributed by atoms with Gasteiger partial charge in [0.25, 0.3) is 0 Å². The van der Waals surface area contributed by atoms with Crippen LogP contribution < -0.4 is 39.4 Å². The number of aromatic carboxylic acids is 1. The number of hydrogen-bond acceptors (Lipinski definition) is 5. The van der Waals surface area contributed by atoms with E-state index < -0.39 is 5.97 Å². The van der Waals surface area contributed by atoms with E-state index in [1.165, 1.54) is 0 Å². The minimum atomic E-state index is -1.31. The van der Waals surface area contributed by atoms with Crippen LogP contribution in [0.4, 0.5) is 0 Å². The maximum Gasteiger partial charge on any atom is 1.00 e. The Labute approximate surface area is 176 Å². The van der Waals surface area contributed by atoms with Crippen molar-refractivity contribution < 1.29 is 44.2 Å². The monoisotopic (exact) mass is 381 g/mol. The van der Waals surface area contributed by atoms with Crippen molar-refractivity contribution in [2.24, 2.45) is 0 Å². The summed E-state index contributed by atoms with van der Waals surface area (Å²) in [6.45, 7) is 2.12. The number of thiazole rings is 1. The van der Waals surface area contributed by atoms with E-state index in [0.717, 1.165) is 28.0 Å². The van der Waals surface area contributed by atoms with Crippen LogP contribution in [-0.2, 0) is 6.61 Å². The van der Waals surface area contributed by atoms with Crippen LogP contribution in [0.5, 0.6) is 5.88 Å².